The maximum atomic E-state index is 13.2. The van der Waals surface area contributed by atoms with Gasteiger partial charge in [-0.05, 0) is 67.3 Å². The highest BCUT2D eigenvalue weighted by atomic mass is 35.5. The van der Waals surface area contributed by atoms with Crippen LogP contribution in [0.5, 0.6) is 0 Å². The fraction of sp³-hybridized carbons (Fsp3) is 0.375. The molecule has 0 unspecified atom stereocenters. The molecule has 1 saturated carbocycles. The number of fused-ring (bicyclic) bond motifs is 3. The van der Waals surface area contributed by atoms with E-state index < -0.39 is 0 Å². The molecule has 4 heterocycles. The number of hydrogen-bond acceptors (Lipinski definition) is 3. The summed E-state index contributed by atoms with van der Waals surface area (Å²) >= 11 is 1.63. The van der Waals surface area contributed by atoms with Gasteiger partial charge in [0.15, 0.2) is 0 Å². The molecule has 1 spiro atoms. The van der Waals surface area contributed by atoms with Gasteiger partial charge in [-0.2, -0.15) is 0 Å². The third kappa shape index (κ3) is 3.00. The van der Waals surface area contributed by atoms with E-state index in [1.54, 1.807) is 11.3 Å². The fourth-order valence-corrected chi connectivity index (χ4v) is 6.65. The number of nitrogens with zero attached hydrogens (tertiary/aromatic N) is 1. The number of benzene rings is 2. The average molecular weight is 425 g/mol. The van der Waals surface area contributed by atoms with Crippen LogP contribution < -0.4 is 5.32 Å². The van der Waals surface area contributed by atoms with Crippen molar-refractivity contribution in [2.45, 2.75) is 37.3 Å². The van der Waals surface area contributed by atoms with Crippen LogP contribution in [0.4, 0.5) is 0 Å². The van der Waals surface area contributed by atoms with Crippen LogP contribution in [0.2, 0.25) is 0 Å². The molecule has 5 heteroatoms. The van der Waals surface area contributed by atoms with Gasteiger partial charge in [0.05, 0.1) is 10.9 Å². The number of carbonyl (C=O) groups is 1. The molecule has 2 bridgehead atoms. The summed E-state index contributed by atoms with van der Waals surface area (Å²) < 4.78 is 1.20. The van der Waals surface area contributed by atoms with Gasteiger partial charge in [0, 0.05) is 10.2 Å². The lowest BCUT2D eigenvalue weighted by atomic mass is 9.77. The number of nitrogens with one attached hydrogen (secondary N) is 1. The van der Waals surface area contributed by atoms with Crippen LogP contribution in [0.25, 0.3) is 21.2 Å². The van der Waals surface area contributed by atoms with E-state index in [2.05, 4.69) is 58.7 Å². The van der Waals surface area contributed by atoms with Crippen molar-refractivity contribution in [3.8, 4) is 11.1 Å². The molecular formula is C24H25ClN2OS. The summed E-state index contributed by atoms with van der Waals surface area (Å²) in [5, 5.41) is 4.63. The highest BCUT2D eigenvalue weighted by molar-refractivity contribution is 7.21. The lowest BCUT2D eigenvalue weighted by Crippen LogP contribution is -2.65. The van der Waals surface area contributed by atoms with Gasteiger partial charge >= 0.3 is 0 Å². The molecule has 3 aliphatic heterocycles. The Morgan fingerprint density at radius 2 is 1.79 bits per heavy atom. The van der Waals surface area contributed by atoms with Gasteiger partial charge < -0.3 is 5.32 Å². The van der Waals surface area contributed by atoms with Crippen molar-refractivity contribution in [3.63, 3.8) is 0 Å². The van der Waals surface area contributed by atoms with Crippen molar-refractivity contribution in [3.05, 3.63) is 59.5 Å². The molecular weight excluding hydrogens is 400 g/mol. The Balaban J connectivity index is 0.00000181. The number of thiophene rings is 1. The molecule has 3 aromatic rings. The van der Waals surface area contributed by atoms with Gasteiger partial charge in [0.25, 0.3) is 5.91 Å². The second-order valence-corrected chi connectivity index (χ2v) is 9.63. The number of halogens is 1. The number of rotatable bonds is 3. The summed E-state index contributed by atoms with van der Waals surface area (Å²) in [6.45, 7) is 2.45. The fourth-order valence-electron chi connectivity index (χ4n) is 5.55. The lowest BCUT2D eigenvalue weighted by Gasteiger charge is -2.52. The van der Waals surface area contributed by atoms with E-state index in [9.17, 15) is 4.79 Å². The largest absolute Gasteiger partial charge is 0.346 e. The summed E-state index contributed by atoms with van der Waals surface area (Å²) in [5.74, 6) is 0.774. The molecule has 3 saturated heterocycles. The van der Waals surface area contributed by atoms with E-state index in [1.807, 2.05) is 6.07 Å². The Kier molecular flexibility index (Phi) is 4.69. The second kappa shape index (κ2) is 7.12. The van der Waals surface area contributed by atoms with E-state index in [1.165, 1.54) is 54.6 Å². The average Bonchev–Trinajstić information content (AvgIpc) is 3.39. The summed E-state index contributed by atoms with van der Waals surface area (Å²) in [4.78, 5) is 16.7. The van der Waals surface area contributed by atoms with Gasteiger partial charge in [-0.15, -0.1) is 23.7 Å². The van der Waals surface area contributed by atoms with Crippen molar-refractivity contribution in [2.75, 3.05) is 13.1 Å². The Labute approximate surface area is 181 Å². The normalized spacial score (nSPS) is 26.3. The van der Waals surface area contributed by atoms with Crippen molar-refractivity contribution in [2.24, 2.45) is 5.92 Å². The van der Waals surface area contributed by atoms with E-state index >= 15 is 0 Å². The van der Waals surface area contributed by atoms with Gasteiger partial charge in [-0.3, -0.25) is 9.69 Å². The van der Waals surface area contributed by atoms with Crippen LogP contribution >= 0.6 is 23.7 Å². The minimum absolute atomic E-state index is 0. The maximum Gasteiger partial charge on any atom is 0.261 e. The minimum atomic E-state index is 0. The van der Waals surface area contributed by atoms with Crippen molar-refractivity contribution in [1.82, 2.24) is 10.2 Å². The van der Waals surface area contributed by atoms with E-state index in [0.29, 0.717) is 12.0 Å². The van der Waals surface area contributed by atoms with Gasteiger partial charge in [-0.25, -0.2) is 0 Å². The van der Waals surface area contributed by atoms with E-state index in [4.69, 9.17) is 0 Å². The Bertz CT molecular complexity index is 1050. The molecule has 7 rings (SSSR count). The second-order valence-electron chi connectivity index (χ2n) is 8.58. The quantitative estimate of drug-likeness (QED) is 0.614. The van der Waals surface area contributed by atoms with E-state index in [-0.39, 0.29) is 23.9 Å². The summed E-state index contributed by atoms with van der Waals surface area (Å²) in [7, 11) is 0. The highest BCUT2D eigenvalue weighted by Gasteiger charge is 2.60. The van der Waals surface area contributed by atoms with Crippen molar-refractivity contribution >= 4 is 39.7 Å². The van der Waals surface area contributed by atoms with Gasteiger partial charge in [-0.1, -0.05) is 48.5 Å². The summed E-state index contributed by atoms with van der Waals surface area (Å²) in [6, 6.07) is 19.2. The standard InChI is InChI=1S/C24H24N2OS.ClH/c27-23(25-22-17-9-13-26(14-10-17)24(22)11-12-24)20-15-18-7-4-8-19(21(18)28-20)16-5-2-1-3-6-16;/h1-8,15,17,22H,9-14H2,(H,25,27);1H/t22-;/m1./s1. The SMILES string of the molecule is Cl.O=C(N[C@@H]1C2CCN(CC2)C12CC2)c1cc2cccc(-c3ccccc3)c2s1. The highest BCUT2D eigenvalue weighted by Crippen LogP contribution is 2.53. The van der Waals surface area contributed by atoms with Crippen LogP contribution in [-0.2, 0) is 0 Å². The molecule has 29 heavy (non-hydrogen) atoms. The zero-order chi connectivity index (χ0) is 18.7. The molecule has 2 aromatic carbocycles. The molecule has 1 aliphatic carbocycles. The number of hydrogen-bond donors (Lipinski definition) is 1. The van der Waals surface area contributed by atoms with Crippen LogP contribution in [0.15, 0.2) is 54.6 Å². The molecule has 1 aromatic heterocycles. The molecule has 4 aliphatic rings. The third-order valence-corrected chi connectivity index (χ3v) is 8.30. The molecule has 4 fully saturated rings. The lowest BCUT2D eigenvalue weighted by molar-refractivity contribution is -0.00138. The molecule has 1 N–H and O–H groups in total. The molecule has 1 amide bonds. The predicted molar refractivity (Wildman–Crippen MR) is 122 cm³/mol. The van der Waals surface area contributed by atoms with Crippen LogP contribution in [0.1, 0.15) is 35.4 Å². The molecule has 150 valence electrons. The van der Waals surface area contributed by atoms with Crippen LogP contribution in [0, 0.1) is 5.92 Å². The number of amides is 1. The molecule has 1 atom stereocenters. The molecule has 3 nitrogen and oxygen atoms in total. The first-order valence-electron chi connectivity index (χ1n) is 10.4. The first-order chi connectivity index (χ1) is 13.7. The number of piperidine rings is 3. The predicted octanol–water partition coefficient (Wildman–Crippen LogP) is 5.35. The van der Waals surface area contributed by atoms with Crippen molar-refractivity contribution in [1.29, 1.82) is 0 Å². The number of carbonyl (C=O) groups excluding carboxylic acids is 1. The Morgan fingerprint density at radius 1 is 1.03 bits per heavy atom. The first-order valence-corrected chi connectivity index (χ1v) is 11.2. The zero-order valence-corrected chi connectivity index (χ0v) is 17.9. The van der Waals surface area contributed by atoms with E-state index in [0.717, 1.165) is 10.3 Å². The first kappa shape index (κ1) is 19.1. The zero-order valence-electron chi connectivity index (χ0n) is 16.3. The minimum Gasteiger partial charge on any atom is -0.346 e. The third-order valence-electron chi connectivity index (χ3n) is 7.12. The van der Waals surface area contributed by atoms with Gasteiger partial charge in [0.1, 0.15) is 0 Å². The summed E-state index contributed by atoms with van der Waals surface area (Å²) in [5.41, 5.74) is 2.70. The van der Waals surface area contributed by atoms with Crippen molar-refractivity contribution < 1.29 is 4.79 Å². The Hall–Kier alpha value is -1.88. The van der Waals surface area contributed by atoms with Crippen LogP contribution in [0.3, 0.4) is 0 Å². The van der Waals surface area contributed by atoms with Crippen LogP contribution in [-0.4, -0.2) is 35.5 Å². The smallest absolute Gasteiger partial charge is 0.261 e. The topological polar surface area (TPSA) is 32.3 Å². The van der Waals surface area contributed by atoms with Gasteiger partial charge in [0.2, 0.25) is 0 Å². The maximum absolute atomic E-state index is 13.2. The summed E-state index contributed by atoms with van der Waals surface area (Å²) in [6.07, 6.45) is 4.96. The Morgan fingerprint density at radius 3 is 2.52 bits per heavy atom. The monoisotopic (exact) mass is 424 g/mol. The molecule has 0 radical (unpaired) electrons.